The molecule has 2 aromatic rings. The maximum atomic E-state index is 14.1. The van der Waals surface area contributed by atoms with Gasteiger partial charge in [0.2, 0.25) is 6.10 Å². The second-order valence-corrected chi connectivity index (χ2v) is 12.2. The number of esters is 2. The standard InChI is InChI=1S/C32H32N2O9S/c1-5-40-26-21(35)16-22(41-30(26)38)20-17-44-28-23(33-31(39)43-32(2,3)4)27(36)34(28)24(20)29(37)42-25(18-12-8-6-9-13-18)19-14-10-7-11-15-19/h6-16,23,25-26,28H,5,17H2,1-4H3,(H,33,39). The number of thioether (sulfide) groups is 1. The SMILES string of the molecule is CCOC1C(=O)C=C(C2=C(C(=O)OC(c3ccccc3)c3ccccc3)N3C(=O)C(NC(=O)OC(C)(C)C)C3SC2)OC1=O. The number of nitrogens with one attached hydrogen (secondary N) is 1. The minimum atomic E-state index is -1.42. The van der Waals surface area contributed by atoms with Crippen LogP contribution in [0.5, 0.6) is 0 Å². The fourth-order valence-corrected chi connectivity index (χ4v) is 6.31. The van der Waals surface area contributed by atoms with Crippen LogP contribution in [0.15, 0.2) is 83.8 Å². The van der Waals surface area contributed by atoms with Gasteiger partial charge in [-0.05, 0) is 38.8 Å². The number of allylic oxidation sites excluding steroid dienone is 1. The van der Waals surface area contributed by atoms with Crippen LogP contribution in [0.3, 0.4) is 0 Å². The summed E-state index contributed by atoms with van der Waals surface area (Å²) in [6.07, 6.45) is -1.94. The van der Waals surface area contributed by atoms with Crippen LogP contribution < -0.4 is 5.32 Å². The van der Waals surface area contributed by atoms with E-state index in [1.165, 1.54) is 16.7 Å². The number of carbonyl (C=O) groups is 5. The highest BCUT2D eigenvalue weighted by Crippen LogP contribution is 2.44. The molecule has 5 rings (SSSR count). The molecule has 0 aromatic heterocycles. The summed E-state index contributed by atoms with van der Waals surface area (Å²) < 4.78 is 22.1. The van der Waals surface area contributed by atoms with Gasteiger partial charge in [-0.1, -0.05) is 60.7 Å². The van der Waals surface area contributed by atoms with Gasteiger partial charge in [0.1, 0.15) is 28.5 Å². The maximum Gasteiger partial charge on any atom is 0.408 e. The number of rotatable bonds is 8. The zero-order chi connectivity index (χ0) is 31.6. The minimum absolute atomic E-state index is 0.0679. The molecule has 0 spiro atoms. The van der Waals surface area contributed by atoms with Crippen molar-refractivity contribution in [2.24, 2.45) is 0 Å². The van der Waals surface area contributed by atoms with Crippen LogP contribution in [0.4, 0.5) is 4.79 Å². The lowest BCUT2D eigenvalue weighted by Gasteiger charge is -2.49. The Balaban J connectivity index is 1.52. The van der Waals surface area contributed by atoms with E-state index < -0.39 is 58.9 Å². The molecule has 1 saturated heterocycles. The van der Waals surface area contributed by atoms with E-state index in [0.717, 1.165) is 6.08 Å². The molecule has 3 aliphatic heterocycles. The van der Waals surface area contributed by atoms with Crippen LogP contribution in [0, 0.1) is 0 Å². The number of ketones is 1. The fraction of sp³-hybridized carbons (Fsp3) is 0.344. The van der Waals surface area contributed by atoms with Crippen LogP contribution in [-0.4, -0.2) is 70.1 Å². The molecule has 3 heterocycles. The highest BCUT2D eigenvalue weighted by atomic mass is 32.2. The topological polar surface area (TPSA) is 138 Å². The molecule has 0 saturated carbocycles. The number of amides is 2. The van der Waals surface area contributed by atoms with E-state index in [1.807, 2.05) is 60.7 Å². The summed E-state index contributed by atoms with van der Waals surface area (Å²) in [7, 11) is 0. The van der Waals surface area contributed by atoms with E-state index in [1.54, 1.807) is 27.7 Å². The zero-order valence-electron chi connectivity index (χ0n) is 24.6. The highest BCUT2D eigenvalue weighted by Gasteiger charge is 2.56. The number of β-lactam (4-membered cyclic amide) rings is 1. The van der Waals surface area contributed by atoms with Crippen LogP contribution in [0.25, 0.3) is 0 Å². The third kappa shape index (κ3) is 6.41. The Morgan fingerprint density at radius 1 is 1.02 bits per heavy atom. The molecular weight excluding hydrogens is 588 g/mol. The smallest absolute Gasteiger partial charge is 0.408 e. The van der Waals surface area contributed by atoms with E-state index in [4.69, 9.17) is 18.9 Å². The maximum absolute atomic E-state index is 14.1. The number of benzene rings is 2. The summed E-state index contributed by atoms with van der Waals surface area (Å²) in [4.78, 5) is 66.8. The van der Waals surface area contributed by atoms with E-state index in [9.17, 15) is 24.0 Å². The van der Waals surface area contributed by atoms with Crippen molar-refractivity contribution in [1.29, 1.82) is 0 Å². The van der Waals surface area contributed by atoms with Crippen molar-refractivity contribution in [3.05, 3.63) is 94.9 Å². The van der Waals surface area contributed by atoms with Gasteiger partial charge in [0.15, 0.2) is 11.9 Å². The van der Waals surface area contributed by atoms with Crippen molar-refractivity contribution in [2.45, 2.75) is 56.9 Å². The van der Waals surface area contributed by atoms with Crippen molar-refractivity contribution in [3.8, 4) is 0 Å². The van der Waals surface area contributed by atoms with Gasteiger partial charge in [0.05, 0.1) is 0 Å². The van der Waals surface area contributed by atoms with E-state index in [0.29, 0.717) is 11.1 Å². The average molecular weight is 621 g/mol. The first-order valence-corrected chi connectivity index (χ1v) is 15.1. The zero-order valence-corrected chi connectivity index (χ0v) is 25.4. The number of hydrogen-bond donors (Lipinski definition) is 1. The van der Waals surface area contributed by atoms with Crippen molar-refractivity contribution in [3.63, 3.8) is 0 Å². The fourth-order valence-electron chi connectivity index (χ4n) is 4.96. The molecule has 11 nitrogen and oxygen atoms in total. The Morgan fingerprint density at radius 3 is 2.18 bits per heavy atom. The van der Waals surface area contributed by atoms with Gasteiger partial charge < -0.3 is 24.3 Å². The third-order valence-corrected chi connectivity index (χ3v) is 8.13. The molecule has 0 bridgehead atoms. The predicted molar refractivity (Wildman–Crippen MR) is 159 cm³/mol. The van der Waals surface area contributed by atoms with Crippen molar-refractivity contribution in [1.82, 2.24) is 10.2 Å². The molecule has 0 radical (unpaired) electrons. The number of fused-ring (bicyclic) bond motifs is 1. The van der Waals surface area contributed by atoms with Crippen molar-refractivity contribution in [2.75, 3.05) is 12.4 Å². The number of cyclic esters (lactones) is 1. The Kier molecular flexibility index (Phi) is 8.93. The average Bonchev–Trinajstić information content (AvgIpc) is 2.99. The summed E-state index contributed by atoms with van der Waals surface area (Å²) in [5.41, 5.74) is 0.545. The Bertz CT molecular complexity index is 1490. The number of carbonyl (C=O) groups excluding carboxylic acids is 5. The lowest BCUT2D eigenvalue weighted by Crippen LogP contribution is -2.70. The number of ether oxygens (including phenoxy) is 4. The van der Waals surface area contributed by atoms with Gasteiger partial charge in [0, 0.05) is 24.0 Å². The first-order valence-electron chi connectivity index (χ1n) is 14.1. The molecule has 3 unspecified atom stereocenters. The van der Waals surface area contributed by atoms with Crippen molar-refractivity contribution >= 4 is 41.5 Å². The molecule has 0 aliphatic carbocycles. The quantitative estimate of drug-likeness (QED) is 0.201. The van der Waals surface area contributed by atoms with Crippen LogP contribution >= 0.6 is 11.8 Å². The number of alkyl carbamates (subject to hydrolysis) is 1. The second kappa shape index (κ2) is 12.7. The Hall–Kier alpha value is -4.42. The minimum Gasteiger partial charge on any atom is -0.448 e. The third-order valence-electron chi connectivity index (χ3n) is 6.85. The van der Waals surface area contributed by atoms with Gasteiger partial charge >= 0.3 is 18.0 Å². The summed E-state index contributed by atoms with van der Waals surface area (Å²) >= 11 is 1.23. The van der Waals surface area contributed by atoms with E-state index in [-0.39, 0.29) is 29.4 Å². The van der Waals surface area contributed by atoms with Crippen molar-refractivity contribution < 1.29 is 42.9 Å². The summed E-state index contributed by atoms with van der Waals surface area (Å²) in [6, 6.07) is 17.2. The second-order valence-electron chi connectivity index (χ2n) is 11.1. The summed E-state index contributed by atoms with van der Waals surface area (Å²) in [6.45, 7) is 6.86. The molecule has 12 heteroatoms. The van der Waals surface area contributed by atoms with E-state index >= 15 is 0 Å². The Labute approximate surface area is 258 Å². The van der Waals surface area contributed by atoms with Gasteiger partial charge in [-0.15, -0.1) is 11.8 Å². The first kappa shape index (κ1) is 31.0. The monoisotopic (exact) mass is 620 g/mol. The predicted octanol–water partition coefficient (Wildman–Crippen LogP) is 3.80. The Morgan fingerprint density at radius 2 is 1.64 bits per heavy atom. The molecule has 3 atom stereocenters. The molecule has 1 fully saturated rings. The van der Waals surface area contributed by atoms with Gasteiger partial charge in [0.25, 0.3) is 5.91 Å². The highest BCUT2D eigenvalue weighted by molar-refractivity contribution is 8.00. The first-order chi connectivity index (χ1) is 21.0. The molecule has 2 aromatic carbocycles. The van der Waals surface area contributed by atoms with Gasteiger partial charge in [-0.2, -0.15) is 0 Å². The molecule has 3 aliphatic rings. The molecule has 44 heavy (non-hydrogen) atoms. The summed E-state index contributed by atoms with van der Waals surface area (Å²) in [5.74, 6) is -3.12. The van der Waals surface area contributed by atoms with Gasteiger partial charge in [-0.25, -0.2) is 14.4 Å². The molecule has 2 amide bonds. The molecule has 1 N–H and O–H groups in total. The lowest BCUT2D eigenvalue weighted by atomic mass is 9.99. The summed E-state index contributed by atoms with van der Waals surface area (Å²) in [5, 5.41) is 1.90. The molecular formula is C32H32N2O9S. The molecule has 230 valence electrons. The van der Waals surface area contributed by atoms with Crippen LogP contribution in [-0.2, 0) is 38.1 Å². The van der Waals surface area contributed by atoms with Crippen LogP contribution in [0.2, 0.25) is 0 Å². The van der Waals surface area contributed by atoms with Gasteiger partial charge in [-0.3, -0.25) is 14.5 Å². The normalized spacial score (nSPS) is 21.7. The number of nitrogens with zero attached hydrogens (tertiary/aromatic N) is 1. The number of hydrogen-bond acceptors (Lipinski definition) is 10. The largest absolute Gasteiger partial charge is 0.448 e. The lowest BCUT2D eigenvalue weighted by molar-refractivity contribution is -0.158. The van der Waals surface area contributed by atoms with E-state index in [2.05, 4.69) is 5.32 Å². The van der Waals surface area contributed by atoms with Crippen LogP contribution in [0.1, 0.15) is 44.9 Å².